The molecular formula is C17H13NO3. The Morgan fingerprint density at radius 1 is 0.952 bits per heavy atom. The summed E-state index contributed by atoms with van der Waals surface area (Å²) >= 11 is 0. The molecule has 104 valence electrons. The van der Waals surface area contributed by atoms with E-state index in [4.69, 9.17) is 8.83 Å². The van der Waals surface area contributed by atoms with Gasteiger partial charge in [-0.2, -0.15) is 0 Å². The van der Waals surface area contributed by atoms with Crippen LogP contribution in [0.5, 0.6) is 0 Å². The smallest absolute Gasteiger partial charge is 0.198 e. The van der Waals surface area contributed by atoms with Gasteiger partial charge in [0.1, 0.15) is 23.0 Å². The number of fused-ring (bicyclic) bond motifs is 2. The minimum absolute atomic E-state index is 0.286. The van der Waals surface area contributed by atoms with Gasteiger partial charge in [0.2, 0.25) is 0 Å². The molecule has 0 aliphatic rings. The van der Waals surface area contributed by atoms with E-state index in [0.717, 1.165) is 22.1 Å². The maximum Gasteiger partial charge on any atom is 0.198 e. The van der Waals surface area contributed by atoms with Gasteiger partial charge in [-0.25, -0.2) is 4.98 Å². The van der Waals surface area contributed by atoms with E-state index in [2.05, 4.69) is 4.98 Å². The van der Waals surface area contributed by atoms with Crippen molar-refractivity contribution in [3.63, 3.8) is 0 Å². The van der Waals surface area contributed by atoms with Gasteiger partial charge in [0.25, 0.3) is 0 Å². The summed E-state index contributed by atoms with van der Waals surface area (Å²) in [5, 5.41) is 11.3. The summed E-state index contributed by atoms with van der Waals surface area (Å²) in [4.78, 5) is 4.36. The molecule has 4 heteroatoms. The average molecular weight is 279 g/mol. The zero-order valence-electron chi connectivity index (χ0n) is 11.2. The third kappa shape index (κ3) is 2.19. The average Bonchev–Trinajstić information content (AvgIpc) is 3.10. The minimum Gasteiger partial charge on any atom is -0.458 e. The van der Waals surface area contributed by atoms with Crippen LogP contribution in [-0.2, 0) is 6.42 Å². The van der Waals surface area contributed by atoms with Crippen LogP contribution in [0.15, 0.2) is 63.4 Å². The molecule has 4 nitrogen and oxygen atoms in total. The highest BCUT2D eigenvalue weighted by atomic mass is 16.4. The molecule has 0 aliphatic heterocycles. The third-order valence-corrected chi connectivity index (χ3v) is 3.48. The molecule has 2 aromatic carbocycles. The van der Waals surface area contributed by atoms with E-state index < -0.39 is 6.10 Å². The zero-order chi connectivity index (χ0) is 14.2. The molecule has 1 unspecified atom stereocenters. The van der Waals surface area contributed by atoms with E-state index >= 15 is 0 Å². The van der Waals surface area contributed by atoms with E-state index in [1.165, 1.54) is 0 Å². The molecule has 0 aliphatic carbocycles. The van der Waals surface area contributed by atoms with Gasteiger partial charge in [0.05, 0.1) is 6.42 Å². The summed E-state index contributed by atoms with van der Waals surface area (Å²) in [6, 6.07) is 17.1. The third-order valence-electron chi connectivity index (χ3n) is 3.48. The Morgan fingerprint density at radius 3 is 2.52 bits per heavy atom. The molecule has 0 spiro atoms. The molecule has 2 heterocycles. The largest absolute Gasteiger partial charge is 0.458 e. The fraction of sp³-hybridized carbons (Fsp3) is 0.118. The van der Waals surface area contributed by atoms with Gasteiger partial charge in [0.15, 0.2) is 11.5 Å². The minimum atomic E-state index is -0.773. The number of hydrogen-bond acceptors (Lipinski definition) is 4. The van der Waals surface area contributed by atoms with Gasteiger partial charge < -0.3 is 13.9 Å². The molecule has 0 saturated heterocycles. The van der Waals surface area contributed by atoms with Crippen LogP contribution in [0.25, 0.3) is 22.1 Å². The summed E-state index contributed by atoms with van der Waals surface area (Å²) < 4.78 is 11.3. The van der Waals surface area contributed by atoms with Crippen molar-refractivity contribution in [2.24, 2.45) is 0 Å². The molecule has 1 N–H and O–H groups in total. The number of nitrogens with zero attached hydrogens (tertiary/aromatic N) is 1. The number of oxazole rings is 1. The molecule has 2 aromatic heterocycles. The van der Waals surface area contributed by atoms with E-state index in [-0.39, 0.29) is 6.42 Å². The Bertz CT molecular complexity index is 840. The van der Waals surface area contributed by atoms with Gasteiger partial charge in [-0.05, 0) is 24.3 Å². The lowest BCUT2D eigenvalue weighted by Gasteiger charge is -2.03. The Balaban J connectivity index is 1.63. The second-order valence-electron chi connectivity index (χ2n) is 4.98. The number of rotatable bonds is 3. The number of para-hydroxylation sites is 3. The Hall–Kier alpha value is -2.59. The Kier molecular flexibility index (Phi) is 2.75. The molecular weight excluding hydrogens is 266 g/mol. The van der Waals surface area contributed by atoms with Crippen LogP contribution in [0.4, 0.5) is 0 Å². The Labute approximate surface area is 120 Å². The first kappa shape index (κ1) is 12.2. The quantitative estimate of drug-likeness (QED) is 0.618. The van der Waals surface area contributed by atoms with Crippen LogP contribution < -0.4 is 0 Å². The van der Waals surface area contributed by atoms with Crippen LogP contribution in [0.1, 0.15) is 17.8 Å². The molecule has 4 rings (SSSR count). The number of furan rings is 1. The lowest BCUT2D eigenvalue weighted by Crippen LogP contribution is -2.00. The van der Waals surface area contributed by atoms with Crippen molar-refractivity contribution >= 4 is 22.1 Å². The lowest BCUT2D eigenvalue weighted by atomic mass is 10.2. The van der Waals surface area contributed by atoms with E-state index in [9.17, 15) is 5.11 Å². The van der Waals surface area contributed by atoms with Crippen molar-refractivity contribution in [3.05, 3.63) is 66.2 Å². The molecule has 0 saturated carbocycles. The predicted molar refractivity (Wildman–Crippen MR) is 78.9 cm³/mol. The van der Waals surface area contributed by atoms with E-state index in [1.807, 2.05) is 54.6 Å². The topological polar surface area (TPSA) is 59.4 Å². The van der Waals surface area contributed by atoms with Crippen molar-refractivity contribution in [2.75, 3.05) is 0 Å². The summed E-state index contributed by atoms with van der Waals surface area (Å²) in [6.45, 7) is 0. The van der Waals surface area contributed by atoms with Crippen LogP contribution in [0, 0.1) is 0 Å². The maximum absolute atomic E-state index is 10.3. The number of aliphatic hydroxyl groups is 1. The van der Waals surface area contributed by atoms with Gasteiger partial charge in [0, 0.05) is 5.39 Å². The molecule has 0 radical (unpaired) electrons. The first-order chi connectivity index (χ1) is 10.3. The standard InChI is InChI=1S/C17H13NO3/c19-13(16-9-11-5-1-3-7-14(11)20-16)10-17-18-12-6-2-4-8-15(12)21-17/h1-9,13,19H,10H2. The van der Waals surface area contributed by atoms with Gasteiger partial charge in [-0.1, -0.05) is 30.3 Å². The highest BCUT2D eigenvalue weighted by molar-refractivity contribution is 5.77. The molecule has 0 fully saturated rings. The Morgan fingerprint density at radius 2 is 1.71 bits per heavy atom. The SMILES string of the molecule is OC(Cc1nc2ccccc2o1)c1cc2ccccc2o1. The summed E-state index contributed by atoms with van der Waals surface area (Å²) in [5.74, 6) is 1.03. The number of benzene rings is 2. The zero-order valence-corrected chi connectivity index (χ0v) is 11.2. The monoisotopic (exact) mass is 279 g/mol. The first-order valence-corrected chi connectivity index (χ1v) is 6.80. The van der Waals surface area contributed by atoms with Crippen molar-refractivity contribution in [2.45, 2.75) is 12.5 Å². The second kappa shape index (κ2) is 4.75. The van der Waals surface area contributed by atoms with Crippen LogP contribution in [-0.4, -0.2) is 10.1 Å². The van der Waals surface area contributed by atoms with Crippen molar-refractivity contribution in [1.82, 2.24) is 4.98 Å². The van der Waals surface area contributed by atoms with Crippen LogP contribution >= 0.6 is 0 Å². The second-order valence-corrected chi connectivity index (χ2v) is 4.98. The molecule has 0 bridgehead atoms. The fourth-order valence-corrected chi connectivity index (χ4v) is 2.44. The van der Waals surface area contributed by atoms with Crippen molar-refractivity contribution in [1.29, 1.82) is 0 Å². The number of aliphatic hydroxyl groups excluding tert-OH is 1. The molecule has 0 amide bonds. The van der Waals surface area contributed by atoms with Gasteiger partial charge >= 0.3 is 0 Å². The summed E-state index contributed by atoms with van der Waals surface area (Å²) in [7, 11) is 0. The summed E-state index contributed by atoms with van der Waals surface area (Å²) in [5.41, 5.74) is 2.29. The molecule has 4 aromatic rings. The van der Waals surface area contributed by atoms with Gasteiger partial charge in [-0.3, -0.25) is 0 Å². The highest BCUT2D eigenvalue weighted by Crippen LogP contribution is 2.26. The van der Waals surface area contributed by atoms with E-state index in [0.29, 0.717) is 11.7 Å². The lowest BCUT2D eigenvalue weighted by molar-refractivity contribution is 0.144. The number of aromatic nitrogens is 1. The van der Waals surface area contributed by atoms with Gasteiger partial charge in [-0.15, -0.1) is 0 Å². The number of hydrogen-bond donors (Lipinski definition) is 1. The van der Waals surface area contributed by atoms with Crippen LogP contribution in [0.2, 0.25) is 0 Å². The normalized spacial score (nSPS) is 13.0. The summed E-state index contributed by atoms with van der Waals surface area (Å²) in [6.07, 6.45) is -0.487. The van der Waals surface area contributed by atoms with Crippen molar-refractivity contribution < 1.29 is 13.9 Å². The predicted octanol–water partition coefficient (Wildman–Crippen LogP) is 3.85. The maximum atomic E-state index is 10.3. The van der Waals surface area contributed by atoms with Crippen molar-refractivity contribution in [3.8, 4) is 0 Å². The first-order valence-electron chi connectivity index (χ1n) is 6.80. The van der Waals surface area contributed by atoms with E-state index in [1.54, 1.807) is 0 Å². The molecule has 1 atom stereocenters. The molecule has 21 heavy (non-hydrogen) atoms. The van der Waals surface area contributed by atoms with Crippen LogP contribution in [0.3, 0.4) is 0 Å². The highest BCUT2D eigenvalue weighted by Gasteiger charge is 2.17. The fourth-order valence-electron chi connectivity index (χ4n) is 2.44.